The van der Waals surface area contributed by atoms with Gasteiger partial charge in [-0.2, -0.15) is 0 Å². The summed E-state index contributed by atoms with van der Waals surface area (Å²) in [5.41, 5.74) is 10.2. The van der Waals surface area contributed by atoms with Crippen LogP contribution in [0.2, 0.25) is 0 Å². The smallest absolute Gasteiger partial charge is 0.165 e. The van der Waals surface area contributed by atoms with Crippen molar-refractivity contribution in [2.75, 3.05) is 12.3 Å². The van der Waals surface area contributed by atoms with E-state index in [9.17, 15) is 9.50 Å². The van der Waals surface area contributed by atoms with Gasteiger partial charge in [0, 0.05) is 25.3 Å². The Kier molecular flexibility index (Phi) is 3.32. The van der Waals surface area contributed by atoms with Crippen LogP contribution in [-0.4, -0.2) is 16.6 Å². The van der Waals surface area contributed by atoms with E-state index in [4.69, 9.17) is 5.73 Å². The number of nitrogen functional groups attached to an aromatic ring is 1. The number of hydrogen-bond acceptors (Lipinski definition) is 3. The number of rotatable bonds is 2. The quantitative estimate of drug-likeness (QED) is 0.826. The average molecular weight is 272 g/mol. The van der Waals surface area contributed by atoms with Crippen molar-refractivity contribution in [3.8, 4) is 5.75 Å². The zero-order valence-electron chi connectivity index (χ0n) is 11.1. The average Bonchev–Trinajstić information content (AvgIpc) is 2.43. The zero-order chi connectivity index (χ0) is 14.1. The molecule has 104 valence electrons. The Hall–Kier alpha value is -2.07. The Morgan fingerprint density at radius 2 is 2.10 bits per heavy atom. The highest BCUT2D eigenvalue weighted by Crippen LogP contribution is 2.25. The minimum atomic E-state index is -0.566. The molecular weight excluding hydrogens is 255 g/mol. The summed E-state index contributed by atoms with van der Waals surface area (Å²) < 4.78 is 13.3. The van der Waals surface area contributed by atoms with Crippen LogP contribution in [0.15, 0.2) is 36.4 Å². The molecule has 0 spiro atoms. The molecule has 1 heterocycles. The second kappa shape index (κ2) is 5.13. The summed E-state index contributed by atoms with van der Waals surface area (Å²) in [5.74, 6) is -0.866. The topological polar surface area (TPSA) is 49.5 Å². The van der Waals surface area contributed by atoms with Crippen LogP contribution in [0.3, 0.4) is 0 Å². The molecular formula is C16H17FN2O. The minimum absolute atomic E-state index is 0.300. The number of fused-ring (bicyclic) bond motifs is 1. The van der Waals surface area contributed by atoms with Gasteiger partial charge < -0.3 is 10.8 Å². The Bertz CT molecular complexity index is 642. The number of phenols is 1. The van der Waals surface area contributed by atoms with Gasteiger partial charge in [0.2, 0.25) is 0 Å². The first kappa shape index (κ1) is 12.9. The lowest BCUT2D eigenvalue weighted by molar-refractivity contribution is 0.245. The molecule has 0 unspecified atom stereocenters. The van der Waals surface area contributed by atoms with Crippen LogP contribution >= 0.6 is 0 Å². The van der Waals surface area contributed by atoms with Crippen LogP contribution in [0, 0.1) is 5.82 Å². The molecule has 2 aromatic carbocycles. The molecule has 0 bridgehead atoms. The molecule has 1 aliphatic rings. The van der Waals surface area contributed by atoms with Crippen molar-refractivity contribution in [3.63, 3.8) is 0 Å². The van der Waals surface area contributed by atoms with E-state index in [2.05, 4.69) is 11.0 Å². The molecule has 0 aliphatic carbocycles. The summed E-state index contributed by atoms with van der Waals surface area (Å²) >= 11 is 0. The first-order valence-electron chi connectivity index (χ1n) is 6.69. The standard InChI is InChI=1S/C16H17FN2O/c17-14-8-11(4-5-16(14)20)9-19-7-6-13-12(10-19)2-1-3-15(13)18/h1-5,8,20H,6-7,9-10,18H2. The van der Waals surface area contributed by atoms with E-state index >= 15 is 0 Å². The summed E-state index contributed by atoms with van der Waals surface area (Å²) in [5, 5.41) is 9.21. The second-order valence-electron chi connectivity index (χ2n) is 5.23. The molecule has 0 aromatic heterocycles. The third kappa shape index (κ3) is 2.47. The highest BCUT2D eigenvalue weighted by Gasteiger charge is 2.18. The summed E-state index contributed by atoms with van der Waals surface area (Å²) in [6.45, 7) is 2.40. The van der Waals surface area contributed by atoms with Crippen molar-refractivity contribution in [1.29, 1.82) is 0 Å². The van der Waals surface area contributed by atoms with E-state index < -0.39 is 5.82 Å². The van der Waals surface area contributed by atoms with E-state index in [-0.39, 0.29) is 5.75 Å². The van der Waals surface area contributed by atoms with Gasteiger partial charge in [-0.05, 0) is 41.3 Å². The SMILES string of the molecule is Nc1cccc2c1CCN(Cc1ccc(O)c(F)c1)C2. The summed E-state index contributed by atoms with van der Waals surface area (Å²) in [7, 11) is 0. The lowest BCUT2D eigenvalue weighted by Gasteiger charge is -2.29. The van der Waals surface area contributed by atoms with Gasteiger partial charge in [-0.1, -0.05) is 18.2 Å². The number of nitrogens with two attached hydrogens (primary N) is 1. The molecule has 0 saturated heterocycles. The first-order valence-corrected chi connectivity index (χ1v) is 6.69. The molecule has 2 aromatic rings. The predicted molar refractivity (Wildman–Crippen MR) is 76.7 cm³/mol. The molecule has 3 nitrogen and oxygen atoms in total. The van der Waals surface area contributed by atoms with E-state index in [0.29, 0.717) is 6.54 Å². The van der Waals surface area contributed by atoms with Crippen molar-refractivity contribution in [2.24, 2.45) is 0 Å². The Balaban J connectivity index is 1.76. The van der Waals surface area contributed by atoms with Crippen LogP contribution < -0.4 is 5.73 Å². The van der Waals surface area contributed by atoms with Gasteiger partial charge in [-0.25, -0.2) is 4.39 Å². The van der Waals surface area contributed by atoms with Gasteiger partial charge in [0.25, 0.3) is 0 Å². The van der Waals surface area contributed by atoms with Gasteiger partial charge >= 0.3 is 0 Å². The molecule has 0 saturated carbocycles. The summed E-state index contributed by atoms with van der Waals surface area (Å²) in [6, 6.07) is 10.6. The lowest BCUT2D eigenvalue weighted by atomic mass is 9.97. The van der Waals surface area contributed by atoms with Crippen molar-refractivity contribution in [2.45, 2.75) is 19.5 Å². The highest BCUT2D eigenvalue weighted by molar-refractivity contribution is 5.51. The number of phenolic OH excluding ortho intramolecular Hbond substituents is 1. The third-order valence-electron chi connectivity index (χ3n) is 3.80. The predicted octanol–water partition coefficient (Wildman–Crippen LogP) is 2.67. The number of hydrogen-bond donors (Lipinski definition) is 2. The molecule has 0 fully saturated rings. The van der Waals surface area contributed by atoms with Crippen LogP contribution in [0.5, 0.6) is 5.75 Å². The van der Waals surface area contributed by atoms with Crippen molar-refractivity contribution in [1.82, 2.24) is 4.90 Å². The van der Waals surface area contributed by atoms with Crippen molar-refractivity contribution in [3.05, 3.63) is 58.9 Å². The Labute approximate surface area is 117 Å². The van der Waals surface area contributed by atoms with Gasteiger partial charge in [0.15, 0.2) is 11.6 Å². The van der Waals surface area contributed by atoms with Crippen molar-refractivity contribution < 1.29 is 9.50 Å². The van der Waals surface area contributed by atoms with Gasteiger partial charge in [0.05, 0.1) is 0 Å². The van der Waals surface area contributed by atoms with Crippen LogP contribution in [0.25, 0.3) is 0 Å². The maximum absolute atomic E-state index is 13.3. The molecule has 3 N–H and O–H groups in total. The molecule has 4 heteroatoms. The molecule has 0 radical (unpaired) electrons. The van der Waals surface area contributed by atoms with Crippen LogP contribution in [0.4, 0.5) is 10.1 Å². The third-order valence-corrected chi connectivity index (χ3v) is 3.80. The normalized spacial score (nSPS) is 15.1. The number of halogens is 1. The van der Waals surface area contributed by atoms with Gasteiger partial charge in [-0.3, -0.25) is 4.90 Å². The second-order valence-corrected chi connectivity index (χ2v) is 5.23. The summed E-state index contributed by atoms with van der Waals surface area (Å²) in [6.07, 6.45) is 0.919. The Morgan fingerprint density at radius 1 is 1.25 bits per heavy atom. The molecule has 0 atom stereocenters. The monoisotopic (exact) mass is 272 g/mol. The van der Waals surface area contributed by atoms with Gasteiger partial charge in [0.1, 0.15) is 0 Å². The summed E-state index contributed by atoms with van der Waals surface area (Å²) in [4.78, 5) is 2.26. The van der Waals surface area contributed by atoms with Crippen LogP contribution in [0.1, 0.15) is 16.7 Å². The largest absolute Gasteiger partial charge is 0.505 e. The maximum atomic E-state index is 13.3. The van der Waals surface area contributed by atoms with E-state index in [1.807, 2.05) is 12.1 Å². The zero-order valence-corrected chi connectivity index (χ0v) is 11.1. The highest BCUT2D eigenvalue weighted by atomic mass is 19.1. The Morgan fingerprint density at radius 3 is 2.90 bits per heavy atom. The fourth-order valence-corrected chi connectivity index (χ4v) is 2.74. The van der Waals surface area contributed by atoms with Gasteiger partial charge in [-0.15, -0.1) is 0 Å². The number of aromatic hydroxyl groups is 1. The lowest BCUT2D eigenvalue weighted by Crippen LogP contribution is -2.30. The fourth-order valence-electron chi connectivity index (χ4n) is 2.74. The fraction of sp³-hybridized carbons (Fsp3) is 0.250. The first-order chi connectivity index (χ1) is 9.63. The molecule has 3 rings (SSSR count). The molecule has 1 aliphatic heterocycles. The molecule has 20 heavy (non-hydrogen) atoms. The number of anilines is 1. The number of benzene rings is 2. The van der Waals surface area contributed by atoms with Crippen LogP contribution in [-0.2, 0) is 19.5 Å². The minimum Gasteiger partial charge on any atom is -0.505 e. The number of nitrogens with zero attached hydrogens (tertiary/aromatic N) is 1. The maximum Gasteiger partial charge on any atom is 0.165 e. The van der Waals surface area contributed by atoms with E-state index in [0.717, 1.165) is 30.8 Å². The van der Waals surface area contributed by atoms with E-state index in [1.165, 1.54) is 23.3 Å². The molecule has 0 amide bonds. The van der Waals surface area contributed by atoms with E-state index in [1.54, 1.807) is 6.07 Å². The van der Waals surface area contributed by atoms with Crippen molar-refractivity contribution >= 4 is 5.69 Å².